The molecule has 0 atom stereocenters. The van der Waals surface area contributed by atoms with Crippen molar-refractivity contribution < 1.29 is 19.1 Å². The van der Waals surface area contributed by atoms with Crippen molar-refractivity contribution in [3.63, 3.8) is 0 Å². The number of nitrogens with one attached hydrogen (secondary N) is 3. The summed E-state index contributed by atoms with van der Waals surface area (Å²) in [5.41, 5.74) is 1.56. The molecule has 24 heavy (non-hydrogen) atoms. The molecule has 0 unspecified atom stereocenters. The quantitative estimate of drug-likeness (QED) is 0.791. The van der Waals surface area contributed by atoms with Gasteiger partial charge in [-0.05, 0) is 24.3 Å². The van der Waals surface area contributed by atoms with E-state index in [9.17, 15) is 14.4 Å². The normalized spacial score (nSPS) is 12.4. The molecule has 0 spiro atoms. The summed E-state index contributed by atoms with van der Waals surface area (Å²) in [6.07, 6.45) is 0. The van der Waals surface area contributed by atoms with Gasteiger partial charge in [-0.15, -0.1) is 0 Å². The number of carbonyl (C=O) groups excluding carboxylic acids is 3. The van der Waals surface area contributed by atoms with Crippen LogP contribution in [0.5, 0.6) is 5.75 Å². The third-order valence-corrected chi connectivity index (χ3v) is 3.34. The first kappa shape index (κ1) is 15.5. The Hall–Kier alpha value is -3.35. The first-order valence-electron chi connectivity index (χ1n) is 7.31. The first-order chi connectivity index (χ1) is 11.6. The number of fused-ring (bicyclic) bond motifs is 1. The van der Waals surface area contributed by atoms with Gasteiger partial charge in [0.2, 0.25) is 5.91 Å². The van der Waals surface area contributed by atoms with E-state index in [1.165, 1.54) is 0 Å². The van der Waals surface area contributed by atoms with Gasteiger partial charge in [-0.2, -0.15) is 0 Å². The molecule has 3 amide bonds. The molecule has 122 valence electrons. The molecule has 1 aliphatic heterocycles. The minimum absolute atomic E-state index is 0.0580. The number of hydrogen-bond donors (Lipinski definition) is 3. The van der Waals surface area contributed by atoms with Gasteiger partial charge in [0.05, 0.1) is 12.2 Å². The summed E-state index contributed by atoms with van der Waals surface area (Å²) in [5, 5.41) is 7.88. The second-order valence-electron chi connectivity index (χ2n) is 5.14. The Labute approximate surface area is 138 Å². The number of rotatable bonds is 4. The smallest absolute Gasteiger partial charge is 0.262 e. The van der Waals surface area contributed by atoms with Crippen LogP contribution in [0.1, 0.15) is 10.4 Å². The Morgan fingerprint density at radius 3 is 2.71 bits per heavy atom. The van der Waals surface area contributed by atoms with Gasteiger partial charge in [-0.3, -0.25) is 14.4 Å². The van der Waals surface area contributed by atoms with Crippen molar-refractivity contribution in [3.05, 3.63) is 54.1 Å². The van der Waals surface area contributed by atoms with E-state index in [1.807, 2.05) is 6.07 Å². The minimum atomic E-state index is -0.362. The van der Waals surface area contributed by atoms with Crippen LogP contribution in [0.2, 0.25) is 0 Å². The fraction of sp³-hybridized carbons (Fsp3) is 0.118. The topological polar surface area (TPSA) is 96.5 Å². The highest BCUT2D eigenvalue weighted by Crippen LogP contribution is 2.30. The van der Waals surface area contributed by atoms with Crippen molar-refractivity contribution in [2.75, 3.05) is 23.8 Å². The Bertz CT molecular complexity index is 790. The molecule has 0 aromatic heterocycles. The Morgan fingerprint density at radius 1 is 1.12 bits per heavy atom. The molecule has 2 aromatic rings. The number of amides is 3. The van der Waals surface area contributed by atoms with Crippen LogP contribution in [0.4, 0.5) is 11.4 Å². The lowest BCUT2D eigenvalue weighted by atomic mass is 10.2. The average Bonchev–Trinajstić information content (AvgIpc) is 2.60. The standard InChI is InChI=1S/C17H15N3O4/c21-15(9-18-17(23)11-4-2-1-3-5-11)19-12-6-7-13-14(8-12)24-10-16(22)20-13/h1-8H,9-10H2,(H,18,23)(H,19,21)(H,20,22). The molecule has 7 heteroatoms. The van der Waals surface area contributed by atoms with Gasteiger partial charge in [0.1, 0.15) is 5.75 Å². The maximum Gasteiger partial charge on any atom is 0.262 e. The van der Waals surface area contributed by atoms with E-state index in [2.05, 4.69) is 16.0 Å². The number of benzene rings is 2. The van der Waals surface area contributed by atoms with E-state index >= 15 is 0 Å². The summed E-state index contributed by atoms with van der Waals surface area (Å²) < 4.78 is 5.28. The molecule has 2 aromatic carbocycles. The second-order valence-corrected chi connectivity index (χ2v) is 5.14. The van der Waals surface area contributed by atoms with Crippen LogP contribution >= 0.6 is 0 Å². The molecule has 0 saturated heterocycles. The minimum Gasteiger partial charge on any atom is -0.482 e. The predicted molar refractivity (Wildman–Crippen MR) is 88.0 cm³/mol. The van der Waals surface area contributed by atoms with E-state index in [4.69, 9.17) is 4.74 Å². The Balaban J connectivity index is 1.55. The highest BCUT2D eigenvalue weighted by atomic mass is 16.5. The SMILES string of the molecule is O=C(CNC(=O)c1ccccc1)Nc1ccc2c(c1)OCC(=O)N2. The highest BCUT2D eigenvalue weighted by molar-refractivity contribution is 6.00. The van der Waals surface area contributed by atoms with Crippen LogP contribution in [-0.4, -0.2) is 30.9 Å². The summed E-state index contributed by atoms with van der Waals surface area (Å²) in [6, 6.07) is 13.6. The maximum absolute atomic E-state index is 11.9. The molecule has 0 bridgehead atoms. The maximum atomic E-state index is 11.9. The van der Waals surface area contributed by atoms with Crippen molar-refractivity contribution >= 4 is 29.1 Å². The van der Waals surface area contributed by atoms with Crippen LogP contribution in [0.25, 0.3) is 0 Å². The second kappa shape index (κ2) is 6.82. The Morgan fingerprint density at radius 2 is 1.92 bits per heavy atom. The summed E-state index contributed by atoms with van der Waals surface area (Å²) in [6.45, 7) is -0.208. The third-order valence-electron chi connectivity index (χ3n) is 3.34. The summed E-state index contributed by atoms with van der Waals surface area (Å²) in [7, 11) is 0. The van der Waals surface area contributed by atoms with E-state index < -0.39 is 0 Å². The molecule has 0 radical (unpaired) electrons. The van der Waals surface area contributed by atoms with E-state index in [-0.39, 0.29) is 30.9 Å². The molecule has 3 N–H and O–H groups in total. The molecule has 0 fully saturated rings. The van der Waals surface area contributed by atoms with Crippen molar-refractivity contribution in [1.82, 2.24) is 5.32 Å². The van der Waals surface area contributed by atoms with Gasteiger partial charge in [-0.1, -0.05) is 18.2 Å². The highest BCUT2D eigenvalue weighted by Gasteiger charge is 2.16. The lowest BCUT2D eigenvalue weighted by Gasteiger charge is -2.18. The summed E-state index contributed by atoms with van der Waals surface area (Å²) >= 11 is 0. The van der Waals surface area contributed by atoms with Crippen LogP contribution in [0, 0.1) is 0 Å². The fourth-order valence-electron chi connectivity index (χ4n) is 2.21. The van der Waals surface area contributed by atoms with Crippen molar-refractivity contribution in [1.29, 1.82) is 0 Å². The number of carbonyl (C=O) groups is 3. The largest absolute Gasteiger partial charge is 0.482 e. The zero-order valence-electron chi connectivity index (χ0n) is 12.7. The molecule has 1 heterocycles. The van der Waals surface area contributed by atoms with Crippen LogP contribution in [0.15, 0.2) is 48.5 Å². The van der Waals surface area contributed by atoms with Crippen LogP contribution in [0.3, 0.4) is 0 Å². The number of anilines is 2. The molecule has 1 aliphatic rings. The van der Waals surface area contributed by atoms with Gasteiger partial charge >= 0.3 is 0 Å². The molecular formula is C17H15N3O4. The molecule has 0 saturated carbocycles. The fourth-order valence-corrected chi connectivity index (χ4v) is 2.21. The lowest BCUT2D eigenvalue weighted by Crippen LogP contribution is -2.32. The van der Waals surface area contributed by atoms with Gasteiger partial charge in [-0.25, -0.2) is 0 Å². The predicted octanol–water partition coefficient (Wildman–Crippen LogP) is 1.39. The molecule has 7 nitrogen and oxygen atoms in total. The molecular weight excluding hydrogens is 310 g/mol. The average molecular weight is 325 g/mol. The Kier molecular flexibility index (Phi) is 4.42. The van der Waals surface area contributed by atoms with E-state index in [1.54, 1.807) is 42.5 Å². The van der Waals surface area contributed by atoms with Gasteiger partial charge in [0.15, 0.2) is 6.61 Å². The monoisotopic (exact) mass is 325 g/mol. The molecule has 3 rings (SSSR count). The van der Waals surface area contributed by atoms with Crippen molar-refractivity contribution in [2.24, 2.45) is 0 Å². The lowest BCUT2D eigenvalue weighted by molar-refractivity contribution is -0.118. The van der Waals surface area contributed by atoms with Crippen LogP contribution in [-0.2, 0) is 9.59 Å². The van der Waals surface area contributed by atoms with Gasteiger partial charge in [0, 0.05) is 17.3 Å². The first-order valence-corrected chi connectivity index (χ1v) is 7.31. The number of ether oxygens (including phenoxy) is 1. The summed E-state index contributed by atoms with van der Waals surface area (Å²) in [4.78, 5) is 35.0. The van der Waals surface area contributed by atoms with E-state index in [0.717, 1.165) is 0 Å². The third kappa shape index (κ3) is 3.70. The number of hydrogen-bond acceptors (Lipinski definition) is 4. The van der Waals surface area contributed by atoms with Gasteiger partial charge in [0.25, 0.3) is 11.8 Å². The van der Waals surface area contributed by atoms with Crippen molar-refractivity contribution in [2.45, 2.75) is 0 Å². The van der Waals surface area contributed by atoms with Crippen molar-refractivity contribution in [3.8, 4) is 5.75 Å². The van der Waals surface area contributed by atoms with Crippen LogP contribution < -0.4 is 20.7 Å². The zero-order chi connectivity index (χ0) is 16.9. The summed E-state index contributed by atoms with van der Waals surface area (Å²) in [5.74, 6) is -0.412. The zero-order valence-corrected chi connectivity index (χ0v) is 12.7. The van der Waals surface area contributed by atoms with Gasteiger partial charge < -0.3 is 20.7 Å². The molecule has 0 aliphatic carbocycles. The van der Waals surface area contributed by atoms with E-state index in [0.29, 0.717) is 22.7 Å².